The fraction of sp³-hybridized carbons (Fsp3) is 0.789. The van der Waals surface area contributed by atoms with Crippen molar-refractivity contribution in [1.29, 1.82) is 0 Å². The zero-order valence-electron chi connectivity index (χ0n) is 17.1. The highest BCUT2D eigenvalue weighted by atomic mass is 16.2. The first-order chi connectivity index (χ1) is 13.7. The molecule has 1 unspecified atom stereocenters. The average molecular weight is 389 g/mol. The number of aryl methyl sites for hydroxylation is 1. The van der Waals surface area contributed by atoms with Gasteiger partial charge < -0.3 is 19.7 Å². The third kappa shape index (κ3) is 3.85. The Morgan fingerprint density at radius 1 is 1.04 bits per heavy atom. The van der Waals surface area contributed by atoms with Crippen LogP contribution in [0.25, 0.3) is 0 Å². The van der Waals surface area contributed by atoms with Crippen LogP contribution in [0, 0.1) is 0 Å². The molecule has 2 saturated heterocycles. The second-order valence-corrected chi connectivity index (χ2v) is 7.92. The highest BCUT2D eigenvalue weighted by Crippen LogP contribution is 2.15. The van der Waals surface area contributed by atoms with Gasteiger partial charge in [0, 0.05) is 59.3 Å². The lowest BCUT2D eigenvalue weighted by Crippen LogP contribution is -2.57. The van der Waals surface area contributed by atoms with E-state index in [1.165, 1.54) is 0 Å². The summed E-state index contributed by atoms with van der Waals surface area (Å²) >= 11 is 0. The van der Waals surface area contributed by atoms with Crippen LogP contribution in [0.4, 0.5) is 0 Å². The number of rotatable bonds is 4. The molecular weight excluding hydrogens is 356 g/mol. The molecule has 4 heterocycles. The molecule has 1 aromatic rings. The number of carbonyl (C=O) groups excluding carboxylic acids is 1. The van der Waals surface area contributed by atoms with E-state index in [0.717, 1.165) is 89.1 Å². The van der Waals surface area contributed by atoms with Crippen LogP contribution in [-0.2, 0) is 24.3 Å². The van der Waals surface area contributed by atoms with Crippen LogP contribution < -0.4 is 5.32 Å². The second kappa shape index (κ2) is 8.46. The summed E-state index contributed by atoms with van der Waals surface area (Å²) in [6, 6.07) is -0.0335. The molecule has 3 aliphatic rings. The van der Waals surface area contributed by atoms with Gasteiger partial charge in [-0.15, -0.1) is 10.2 Å². The lowest BCUT2D eigenvalue weighted by atomic mass is 10.2. The van der Waals surface area contributed by atoms with Crippen LogP contribution in [0.1, 0.15) is 37.8 Å². The number of carbonyl (C=O) groups is 1. The quantitative estimate of drug-likeness (QED) is 0.574. The van der Waals surface area contributed by atoms with E-state index in [0.29, 0.717) is 6.54 Å². The Hall–Kier alpha value is -2.16. The molecule has 0 radical (unpaired) electrons. The maximum absolute atomic E-state index is 12.7. The fourth-order valence-electron chi connectivity index (χ4n) is 4.51. The van der Waals surface area contributed by atoms with Crippen molar-refractivity contribution in [2.75, 3.05) is 46.3 Å². The molecule has 0 spiro atoms. The number of aliphatic imine (C=N–C) groups is 1. The Morgan fingerprint density at radius 2 is 1.79 bits per heavy atom. The molecule has 1 amide bonds. The van der Waals surface area contributed by atoms with E-state index >= 15 is 0 Å². The van der Waals surface area contributed by atoms with E-state index in [2.05, 4.69) is 41.8 Å². The van der Waals surface area contributed by atoms with Gasteiger partial charge in [0.05, 0.1) is 12.6 Å². The third-order valence-corrected chi connectivity index (χ3v) is 6.24. The smallest absolute Gasteiger partial charge is 0.239 e. The predicted octanol–water partition coefficient (Wildman–Crippen LogP) is -0.0718. The molecule has 0 saturated carbocycles. The normalized spacial score (nSPS) is 21.9. The van der Waals surface area contributed by atoms with Crippen molar-refractivity contribution in [3.05, 3.63) is 11.6 Å². The number of guanidine groups is 1. The lowest BCUT2D eigenvalue weighted by molar-refractivity contribution is -0.135. The van der Waals surface area contributed by atoms with Crippen LogP contribution in [-0.4, -0.2) is 93.7 Å². The molecule has 1 aromatic heterocycles. The van der Waals surface area contributed by atoms with Crippen LogP contribution in [0.3, 0.4) is 0 Å². The summed E-state index contributed by atoms with van der Waals surface area (Å²) in [6.45, 7) is 9.05. The van der Waals surface area contributed by atoms with E-state index in [9.17, 15) is 4.79 Å². The predicted molar refractivity (Wildman–Crippen MR) is 107 cm³/mol. The Kier molecular flexibility index (Phi) is 5.79. The molecule has 28 heavy (non-hydrogen) atoms. The maximum Gasteiger partial charge on any atom is 0.239 e. The molecule has 0 aromatic carbocycles. The molecule has 1 atom stereocenters. The van der Waals surface area contributed by atoms with Crippen molar-refractivity contribution < 1.29 is 4.79 Å². The van der Waals surface area contributed by atoms with Crippen LogP contribution >= 0.6 is 0 Å². The van der Waals surface area contributed by atoms with Crippen molar-refractivity contribution >= 4 is 11.9 Å². The Bertz CT molecular complexity index is 716. The first-order valence-electron chi connectivity index (χ1n) is 10.6. The van der Waals surface area contributed by atoms with Gasteiger partial charge in [0.25, 0.3) is 0 Å². The molecule has 0 bridgehead atoms. The number of likely N-dealkylation sites (tertiary alicyclic amines) is 1. The standard InChI is InChI=1S/C19H32N8O/c1-15(18(28)25-7-3-4-8-25)24-10-12-26(13-11-24)19(20-2)21-14-17-23-22-16-6-5-9-27(16)17/h15H,3-14H2,1-2H3,(H,20,21). The van der Waals surface area contributed by atoms with Gasteiger partial charge in [-0.1, -0.05) is 0 Å². The highest BCUT2D eigenvalue weighted by molar-refractivity contribution is 5.82. The number of nitrogens with zero attached hydrogens (tertiary/aromatic N) is 7. The van der Waals surface area contributed by atoms with E-state index in [1.54, 1.807) is 0 Å². The second-order valence-electron chi connectivity index (χ2n) is 7.92. The van der Waals surface area contributed by atoms with Gasteiger partial charge in [-0.2, -0.15) is 0 Å². The summed E-state index contributed by atoms with van der Waals surface area (Å²) in [7, 11) is 1.82. The first-order valence-corrected chi connectivity index (χ1v) is 10.6. The molecule has 154 valence electrons. The Balaban J connectivity index is 1.27. The van der Waals surface area contributed by atoms with Gasteiger partial charge in [0.1, 0.15) is 5.82 Å². The minimum atomic E-state index is -0.0335. The van der Waals surface area contributed by atoms with Crippen molar-refractivity contribution in [2.24, 2.45) is 4.99 Å². The van der Waals surface area contributed by atoms with Crippen molar-refractivity contribution in [3.8, 4) is 0 Å². The molecule has 9 nitrogen and oxygen atoms in total. The number of piperazine rings is 1. The minimum Gasteiger partial charge on any atom is -0.349 e. The van der Waals surface area contributed by atoms with E-state index in [4.69, 9.17) is 0 Å². The summed E-state index contributed by atoms with van der Waals surface area (Å²) in [4.78, 5) is 23.7. The molecule has 4 rings (SSSR count). The number of nitrogens with one attached hydrogen (secondary N) is 1. The van der Waals surface area contributed by atoms with E-state index < -0.39 is 0 Å². The van der Waals surface area contributed by atoms with Gasteiger partial charge in [0.2, 0.25) is 5.91 Å². The van der Waals surface area contributed by atoms with Gasteiger partial charge in [-0.3, -0.25) is 14.7 Å². The van der Waals surface area contributed by atoms with E-state index in [1.807, 2.05) is 11.9 Å². The number of hydrogen-bond donors (Lipinski definition) is 1. The zero-order valence-corrected chi connectivity index (χ0v) is 17.1. The summed E-state index contributed by atoms with van der Waals surface area (Å²) < 4.78 is 2.21. The lowest BCUT2D eigenvalue weighted by Gasteiger charge is -2.39. The van der Waals surface area contributed by atoms with Crippen LogP contribution in [0.15, 0.2) is 4.99 Å². The monoisotopic (exact) mass is 388 g/mol. The van der Waals surface area contributed by atoms with Crippen molar-refractivity contribution in [3.63, 3.8) is 0 Å². The number of aromatic nitrogens is 3. The molecule has 3 aliphatic heterocycles. The van der Waals surface area contributed by atoms with Crippen LogP contribution in [0.5, 0.6) is 0 Å². The van der Waals surface area contributed by atoms with Gasteiger partial charge in [-0.25, -0.2) is 0 Å². The summed E-state index contributed by atoms with van der Waals surface area (Å²) in [6.07, 6.45) is 4.47. The summed E-state index contributed by atoms with van der Waals surface area (Å²) in [5.74, 6) is 3.26. The van der Waals surface area contributed by atoms with Crippen LogP contribution in [0.2, 0.25) is 0 Å². The minimum absolute atomic E-state index is 0.0335. The largest absolute Gasteiger partial charge is 0.349 e. The average Bonchev–Trinajstić information content (AvgIpc) is 3.47. The summed E-state index contributed by atoms with van der Waals surface area (Å²) in [5.41, 5.74) is 0. The SMILES string of the molecule is CN=C(NCc1nnc2n1CCC2)N1CCN(C(C)C(=O)N2CCCC2)CC1. The van der Waals surface area contributed by atoms with Gasteiger partial charge in [-0.05, 0) is 26.2 Å². The van der Waals surface area contributed by atoms with Crippen molar-refractivity contribution in [1.82, 2.24) is 34.8 Å². The highest BCUT2D eigenvalue weighted by Gasteiger charge is 2.30. The van der Waals surface area contributed by atoms with Gasteiger partial charge in [0.15, 0.2) is 11.8 Å². The molecular formula is C19H32N8O. The molecule has 0 aliphatic carbocycles. The summed E-state index contributed by atoms with van der Waals surface area (Å²) in [5, 5.41) is 12.0. The Labute approximate surface area is 166 Å². The molecule has 2 fully saturated rings. The fourth-order valence-corrected chi connectivity index (χ4v) is 4.51. The van der Waals surface area contributed by atoms with E-state index in [-0.39, 0.29) is 11.9 Å². The third-order valence-electron chi connectivity index (χ3n) is 6.24. The zero-order chi connectivity index (χ0) is 19.5. The number of fused-ring (bicyclic) bond motifs is 1. The van der Waals surface area contributed by atoms with Crippen molar-refractivity contribution in [2.45, 2.75) is 51.7 Å². The van der Waals surface area contributed by atoms with Gasteiger partial charge >= 0.3 is 0 Å². The topological polar surface area (TPSA) is 81.9 Å². The first kappa shape index (κ1) is 19.2. The molecule has 9 heteroatoms. The maximum atomic E-state index is 12.7. The Morgan fingerprint density at radius 3 is 2.50 bits per heavy atom. The number of hydrogen-bond acceptors (Lipinski definition) is 5. The number of amides is 1. The molecule has 1 N–H and O–H groups in total.